The van der Waals surface area contributed by atoms with Crippen LogP contribution in [0.3, 0.4) is 0 Å². The van der Waals surface area contributed by atoms with E-state index in [2.05, 4.69) is 28.2 Å². The summed E-state index contributed by atoms with van der Waals surface area (Å²) in [4.78, 5) is 16.5. The Morgan fingerprint density at radius 2 is 1.72 bits per heavy atom. The highest BCUT2D eigenvalue weighted by atomic mass is 16.6. The van der Waals surface area contributed by atoms with Gasteiger partial charge in [0.1, 0.15) is 5.76 Å². The van der Waals surface area contributed by atoms with Gasteiger partial charge in [-0.3, -0.25) is 15.1 Å². The number of nitrogens with one attached hydrogen (secondary N) is 4. The molecule has 8 heteroatoms. The molecule has 1 aromatic rings. The first kappa shape index (κ1) is 26.2. The quantitative estimate of drug-likeness (QED) is 0.180. The summed E-state index contributed by atoms with van der Waals surface area (Å²) in [6.45, 7) is 8.67. The number of carbonyl (C=O) groups excluding carboxylic acids is 1. The molecule has 1 fully saturated rings. The predicted octanol–water partition coefficient (Wildman–Crippen LogP) is 4.34. The van der Waals surface area contributed by atoms with Crippen LogP contribution in [0.1, 0.15) is 97.7 Å². The molecule has 1 aliphatic heterocycles. The molecule has 1 saturated heterocycles. The summed E-state index contributed by atoms with van der Waals surface area (Å²) in [5.41, 5.74) is -0.548. The Kier molecular flexibility index (Phi) is 11.0. The van der Waals surface area contributed by atoms with Gasteiger partial charge >= 0.3 is 11.9 Å². The smallest absolute Gasteiger partial charge is 0.308 e. The van der Waals surface area contributed by atoms with Gasteiger partial charge in [-0.15, -0.1) is 0 Å². The van der Waals surface area contributed by atoms with Gasteiger partial charge in [0.2, 0.25) is 0 Å². The third-order valence-electron chi connectivity index (χ3n) is 5.38. The molecule has 182 valence electrons. The second-order valence-electron chi connectivity index (χ2n) is 9.12. The lowest BCUT2D eigenvalue weighted by molar-refractivity contribution is -0.176. The van der Waals surface area contributed by atoms with Gasteiger partial charge in [-0.25, -0.2) is 10.6 Å². The second-order valence-corrected chi connectivity index (χ2v) is 9.12. The number of esters is 1. The van der Waals surface area contributed by atoms with E-state index in [1.54, 1.807) is 6.26 Å². The zero-order valence-corrected chi connectivity index (χ0v) is 20.4. The minimum absolute atomic E-state index is 0.377. The first-order valence-electron chi connectivity index (χ1n) is 12.2. The summed E-state index contributed by atoms with van der Waals surface area (Å²) in [5.74, 6) is -0.369. The molecule has 0 aromatic carbocycles. The Hall–Kier alpha value is -2.06. The van der Waals surface area contributed by atoms with Crippen molar-refractivity contribution in [3.63, 3.8) is 0 Å². The maximum atomic E-state index is 11.8. The van der Waals surface area contributed by atoms with Crippen LogP contribution in [0.2, 0.25) is 0 Å². The van der Waals surface area contributed by atoms with E-state index in [4.69, 9.17) is 14.1 Å². The minimum atomic E-state index is -1.29. The van der Waals surface area contributed by atoms with E-state index in [1.165, 1.54) is 64.7 Å². The van der Waals surface area contributed by atoms with Crippen molar-refractivity contribution in [2.75, 3.05) is 6.54 Å². The van der Waals surface area contributed by atoms with Gasteiger partial charge in [-0.05, 0) is 32.4 Å². The van der Waals surface area contributed by atoms with Gasteiger partial charge in [0, 0.05) is 13.5 Å². The number of guanidine groups is 1. The van der Waals surface area contributed by atoms with Crippen molar-refractivity contribution in [3.8, 4) is 0 Å². The summed E-state index contributed by atoms with van der Waals surface area (Å²) in [6, 6.07) is 3.68. The van der Waals surface area contributed by atoms with E-state index in [9.17, 15) is 4.79 Å². The molecule has 1 atom stereocenters. The molecule has 1 aromatic heterocycles. The van der Waals surface area contributed by atoms with Gasteiger partial charge in [-0.2, -0.15) is 0 Å². The van der Waals surface area contributed by atoms with Crippen LogP contribution >= 0.6 is 0 Å². The Labute approximate surface area is 193 Å². The number of ether oxygens (including phenoxy) is 1. The van der Waals surface area contributed by atoms with Crippen LogP contribution in [-0.4, -0.2) is 30.1 Å². The fraction of sp³-hybridized carbons (Fsp3) is 0.750. The lowest BCUT2D eigenvalue weighted by Crippen LogP contribution is -2.82. The molecular formula is C24H43N5O3. The maximum Gasteiger partial charge on any atom is 0.308 e. The first-order valence-corrected chi connectivity index (χ1v) is 12.2. The van der Waals surface area contributed by atoms with E-state index in [-0.39, 0.29) is 0 Å². The third kappa shape index (κ3) is 10.0. The number of furan rings is 1. The molecule has 1 aliphatic rings. The molecule has 1 unspecified atom stereocenters. The number of hydrogen-bond acceptors (Lipinski definition) is 6. The van der Waals surface area contributed by atoms with Gasteiger partial charge in [0.05, 0.1) is 18.5 Å². The van der Waals surface area contributed by atoms with Crippen LogP contribution in [-0.2, 0) is 16.1 Å². The molecule has 0 saturated carbocycles. The SMILES string of the molecule is CCCCCCCCCCCCN=C1NC(C)(C)NC(NCc2ccco2)(OC(C)=O)N1. The summed E-state index contributed by atoms with van der Waals surface area (Å²) >= 11 is 0. The van der Waals surface area contributed by atoms with Crippen LogP contribution < -0.4 is 21.3 Å². The van der Waals surface area contributed by atoms with Crippen LogP contribution in [0.15, 0.2) is 27.8 Å². The average Bonchev–Trinajstić information content (AvgIpc) is 3.23. The molecule has 2 heterocycles. The van der Waals surface area contributed by atoms with E-state index in [0.29, 0.717) is 12.5 Å². The Morgan fingerprint density at radius 1 is 1.06 bits per heavy atom. The highest BCUT2D eigenvalue weighted by Gasteiger charge is 2.44. The number of hydrogen-bond donors (Lipinski definition) is 4. The van der Waals surface area contributed by atoms with Crippen molar-refractivity contribution in [2.24, 2.45) is 4.99 Å². The lowest BCUT2D eigenvalue weighted by Gasteiger charge is -2.47. The van der Waals surface area contributed by atoms with Crippen molar-refractivity contribution in [2.45, 2.75) is 110 Å². The number of carbonyl (C=O) groups is 1. The number of unbranched alkanes of at least 4 members (excludes halogenated alkanes) is 9. The monoisotopic (exact) mass is 449 g/mol. The fourth-order valence-corrected chi connectivity index (χ4v) is 3.88. The first-order chi connectivity index (χ1) is 15.3. The van der Waals surface area contributed by atoms with Crippen molar-refractivity contribution in [1.29, 1.82) is 0 Å². The van der Waals surface area contributed by atoms with Crippen molar-refractivity contribution in [1.82, 2.24) is 21.3 Å². The van der Waals surface area contributed by atoms with E-state index >= 15 is 0 Å². The third-order valence-corrected chi connectivity index (χ3v) is 5.38. The highest BCUT2D eigenvalue weighted by molar-refractivity contribution is 5.82. The zero-order chi connectivity index (χ0) is 23.3. The van der Waals surface area contributed by atoms with Gasteiger partial charge in [0.25, 0.3) is 0 Å². The van der Waals surface area contributed by atoms with Crippen LogP contribution in [0, 0.1) is 0 Å². The maximum absolute atomic E-state index is 11.8. The lowest BCUT2D eigenvalue weighted by atomic mass is 10.1. The Bertz CT molecular complexity index is 690. The molecule has 0 bridgehead atoms. The molecule has 0 aliphatic carbocycles. The Balaban J connectivity index is 1.81. The summed E-state index contributed by atoms with van der Waals surface area (Å²) < 4.78 is 11.0. The minimum Gasteiger partial charge on any atom is -0.468 e. The molecular weight excluding hydrogens is 406 g/mol. The predicted molar refractivity (Wildman–Crippen MR) is 128 cm³/mol. The van der Waals surface area contributed by atoms with Crippen molar-refractivity contribution >= 4 is 11.9 Å². The van der Waals surface area contributed by atoms with E-state index < -0.39 is 17.6 Å². The zero-order valence-electron chi connectivity index (χ0n) is 20.4. The average molecular weight is 450 g/mol. The standard InChI is InChI=1S/C24H43N5O3/c1-5-6-7-8-9-10-11-12-13-14-17-25-22-27-23(3,4)29-24(28-22,32-20(2)30)26-19-21-16-15-18-31-21/h15-16,18,26,29H,5-14,17,19H2,1-4H3,(H2,25,27,28). The molecule has 2 rings (SSSR count). The normalized spacial score (nSPS) is 21.2. The number of aliphatic imine (C=N–C) groups is 1. The summed E-state index contributed by atoms with van der Waals surface area (Å²) in [5, 5.41) is 13.0. The van der Waals surface area contributed by atoms with Gasteiger partial charge in [0.15, 0.2) is 5.96 Å². The van der Waals surface area contributed by atoms with Gasteiger partial charge in [-0.1, -0.05) is 64.7 Å². The van der Waals surface area contributed by atoms with Crippen molar-refractivity contribution in [3.05, 3.63) is 24.2 Å². The van der Waals surface area contributed by atoms with Gasteiger partial charge < -0.3 is 14.5 Å². The molecule has 0 spiro atoms. The second kappa shape index (κ2) is 13.5. The molecule has 4 N–H and O–H groups in total. The van der Waals surface area contributed by atoms with Crippen LogP contribution in [0.4, 0.5) is 0 Å². The van der Waals surface area contributed by atoms with Crippen LogP contribution in [0.5, 0.6) is 0 Å². The van der Waals surface area contributed by atoms with Crippen LogP contribution in [0.25, 0.3) is 0 Å². The topological polar surface area (TPSA) is 99.9 Å². The number of rotatable bonds is 15. The largest absolute Gasteiger partial charge is 0.468 e. The Morgan fingerprint density at radius 3 is 2.31 bits per heavy atom. The summed E-state index contributed by atoms with van der Waals surface area (Å²) in [7, 11) is 0. The van der Waals surface area contributed by atoms with Crippen molar-refractivity contribution < 1.29 is 13.9 Å². The van der Waals surface area contributed by atoms with E-state index in [0.717, 1.165) is 18.7 Å². The van der Waals surface area contributed by atoms with E-state index in [1.807, 2.05) is 26.0 Å². The fourth-order valence-electron chi connectivity index (χ4n) is 3.88. The summed E-state index contributed by atoms with van der Waals surface area (Å²) in [6.07, 6.45) is 14.5. The number of nitrogens with zero attached hydrogens (tertiary/aromatic N) is 1. The molecule has 0 radical (unpaired) electrons. The molecule has 32 heavy (non-hydrogen) atoms. The highest BCUT2D eigenvalue weighted by Crippen LogP contribution is 2.14. The molecule has 0 amide bonds. The molecule has 8 nitrogen and oxygen atoms in total.